The van der Waals surface area contributed by atoms with Crippen LogP contribution >= 0.6 is 11.3 Å². The second-order valence-electron chi connectivity index (χ2n) is 5.37. The van der Waals surface area contributed by atoms with Gasteiger partial charge in [-0.1, -0.05) is 0 Å². The number of anilines is 1. The Morgan fingerprint density at radius 2 is 2.30 bits per heavy atom. The molecule has 0 saturated heterocycles. The van der Waals surface area contributed by atoms with Crippen LogP contribution in [0.4, 0.5) is 5.69 Å². The number of thiazole rings is 1. The highest BCUT2D eigenvalue weighted by molar-refractivity contribution is 7.09. The van der Waals surface area contributed by atoms with Crippen LogP contribution in [-0.2, 0) is 13.1 Å². The third kappa shape index (κ3) is 3.35. The minimum atomic E-state index is 0.717. The van der Waals surface area contributed by atoms with Gasteiger partial charge < -0.3 is 10.2 Å². The van der Waals surface area contributed by atoms with Gasteiger partial charge in [0.25, 0.3) is 0 Å². The molecular formula is C15H20N4S. The molecular weight excluding hydrogens is 268 g/mol. The van der Waals surface area contributed by atoms with E-state index in [2.05, 4.69) is 38.7 Å². The SMILES string of the molecule is Cc1nc(CN(C)c2ccncc2CNC2CC2)cs1. The Bertz CT molecular complexity index is 577. The summed E-state index contributed by atoms with van der Waals surface area (Å²) in [5, 5.41) is 6.81. The fourth-order valence-corrected chi connectivity index (χ4v) is 2.88. The first kappa shape index (κ1) is 13.5. The Morgan fingerprint density at radius 1 is 1.45 bits per heavy atom. The van der Waals surface area contributed by atoms with Crippen LogP contribution in [0.3, 0.4) is 0 Å². The van der Waals surface area contributed by atoms with E-state index in [1.165, 1.54) is 24.1 Å². The predicted molar refractivity (Wildman–Crippen MR) is 83.1 cm³/mol. The monoisotopic (exact) mass is 288 g/mol. The smallest absolute Gasteiger partial charge is 0.0898 e. The van der Waals surface area contributed by atoms with E-state index in [1.807, 2.05) is 19.3 Å². The maximum atomic E-state index is 4.54. The molecule has 2 heterocycles. The molecule has 1 N–H and O–H groups in total. The van der Waals surface area contributed by atoms with Gasteiger partial charge in [0.15, 0.2) is 0 Å². The summed E-state index contributed by atoms with van der Waals surface area (Å²) >= 11 is 1.71. The molecule has 1 fully saturated rings. The quantitative estimate of drug-likeness (QED) is 0.887. The highest BCUT2D eigenvalue weighted by Crippen LogP contribution is 2.23. The fourth-order valence-electron chi connectivity index (χ4n) is 2.28. The number of aryl methyl sites for hydroxylation is 1. The molecule has 1 aliphatic carbocycles. The van der Waals surface area contributed by atoms with Crippen molar-refractivity contribution in [3.63, 3.8) is 0 Å². The molecule has 20 heavy (non-hydrogen) atoms. The lowest BCUT2D eigenvalue weighted by molar-refractivity contribution is 0.683. The lowest BCUT2D eigenvalue weighted by atomic mass is 10.2. The Balaban J connectivity index is 1.70. The number of hydrogen-bond donors (Lipinski definition) is 1. The third-order valence-corrected chi connectivity index (χ3v) is 4.34. The summed E-state index contributed by atoms with van der Waals surface area (Å²) in [7, 11) is 2.12. The molecule has 0 amide bonds. The van der Waals surface area contributed by atoms with E-state index >= 15 is 0 Å². The van der Waals surface area contributed by atoms with Crippen LogP contribution in [0.5, 0.6) is 0 Å². The highest BCUT2D eigenvalue weighted by Gasteiger charge is 2.20. The zero-order chi connectivity index (χ0) is 13.9. The van der Waals surface area contributed by atoms with Crippen molar-refractivity contribution in [3.8, 4) is 0 Å². The van der Waals surface area contributed by atoms with Crippen molar-refractivity contribution in [3.05, 3.63) is 40.1 Å². The molecule has 0 aromatic carbocycles. The van der Waals surface area contributed by atoms with Crippen LogP contribution in [-0.4, -0.2) is 23.1 Å². The van der Waals surface area contributed by atoms with Crippen LogP contribution in [0.1, 0.15) is 29.1 Å². The van der Waals surface area contributed by atoms with Gasteiger partial charge in [0.1, 0.15) is 0 Å². The lowest BCUT2D eigenvalue weighted by Crippen LogP contribution is -2.22. The first-order valence-corrected chi connectivity index (χ1v) is 7.89. The number of nitrogens with one attached hydrogen (secondary N) is 1. The van der Waals surface area contributed by atoms with Crippen molar-refractivity contribution in [2.24, 2.45) is 0 Å². The lowest BCUT2D eigenvalue weighted by Gasteiger charge is -2.21. The summed E-state index contributed by atoms with van der Waals surface area (Å²) in [5.41, 5.74) is 3.63. The average molecular weight is 288 g/mol. The highest BCUT2D eigenvalue weighted by atomic mass is 32.1. The molecule has 0 radical (unpaired) electrons. The summed E-state index contributed by atoms with van der Waals surface area (Å²) in [6.07, 6.45) is 6.44. The zero-order valence-electron chi connectivity index (χ0n) is 12.0. The molecule has 0 bridgehead atoms. The molecule has 0 spiro atoms. The second kappa shape index (κ2) is 5.89. The van der Waals surface area contributed by atoms with Gasteiger partial charge in [-0.2, -0.15) is 0 Å². The van der Waals surface area contributed by atoms with E-state index in [1.54, 1.807) is 11.3 Å². The molecule has 5 heteroatoms. The first-order chi connectivity index (χ1) is 9.72. The van der Waals surface area contributed by atoms with Crippen molar-refractivity contribution in [2.75, 3.05) is 11.9 Å². The molecule has 2 aromatic heterocycles. The van der Waals surface area contributed by atoms with Gasteiger partial charge in [-0.3, -0.25) is 4.98 Å². The van der Waals surface area contributed by atoms with Crippen LogP contribution in [0.25, 0.3) is 0 Å². The Morgan fingerprint density at radius 3 is 3.00 bits per heavy atom. The van der Waals surface area contributed by atoms with E-state index in [0.717, 1.165) is 29.8 Å². The van der Waals surface area contributed by atoms with Gasteiger partial charge >= 0.3 is 0 Å². The fraction of sp³-hybridized carbons (Fsp3) is 0.467. The molecule has 1 aliphatic rings. The summed E-state index contributed by atoms with van der Waals surface area (Å²) in [6, 6.07) is 2.80. The van der Waals surface area contributed by atoms with Gasteiger partial charge in [0, 0.05) is 48.7 Å². The maximum Gasteiger partial charge on any atom is 0.0898 e. The van der Waals surface area contributed by atoms with E-state index in [4.69, 9.17) is 0 Å². The number of aromatic nitrogens is 2. The van der Waals surface area contributed by atoms with Gasteiger partial charge in [0.05, 0.1) is 17.2 Å². The molecule has 1 saturated carbocycles. The summed E-state index contributed by atoms with van der Waals surface area (Å²) in [4.78, 5) is 11.0. The molecule has 0 atom stereocenters. The van der Waals surface area contributed by atoms with Crippen LogP contribution in [0, 0.1) is 6.92 Å². The Kier molecular flexibility index (Phi) is 3.98. The van der Waals surface area contributed by atoms with Crippen molar-refractivity contribution in [1.29, 1.82) is 0 Å². The summed E-state index contributed by atoms with van der Waals surface area (Å²) in [6.45, 7) is 3.78. The first-order valence-electron chi connectivity index (χ1n) is 7.01. The maximum absolute atomic E-state index is 4.54. The minimum Gasteiger partial charge on any atom is -0.368 e. The normalized spacial score (nSPS) is 14.5. The predicted octanol–water partition coefficient (Wildman–Crippen LogP) is 2.73. The minimum absolute atomic E-state index is 0.717. The van der Waals surface area contributed by atoms with Crippen LogP contribution < -0.4 is 10.2 Å². The summed E-state index contributed by atoms with van der Waals surface area (Å²) < 4.78 is 0. The number of pyridine rings is 1. The van der Waals surface area contributed by atoms with E-state index < -0.39 is 0 Å². The second-order valence-corrected chi connectivity index (χ2v) is 6.44. The number of hydrogen-bond acceptors (Lipinski definition) is 5. The van der Waals surface area contributed by atoms with E-state index in [-0.39, 0.29) is 0 Å². The molecule has 4 nitrogen and oxygen atoms in total. The molecule has 3 rings (SSSR count). The number of rotatable bonds is 6. The van der Waals surface area contributed by atoms with Gasteiger partial charge in [0.2, 0.25) is 0 Å². The molecule has 0 aliphatic heterocycles. The van der Waals surface area contributed by atoms with Gasteiger partial charge in [-0.25, -0.2) is 4.98 Å². The molecule has 0 unspecified atom stereocenters. The van der Waals surface area contributed by atoms with Crippen LogP contribution in [0.15, 0.2) is 23.8 Å². The van der Waals surface area contributed by atoms with Gasteiger partial charge in [-0.15, -0.1) is 11.3 Å². The van der Waals surface area contributed by atoms with Crippen molar-refractivity contribution in [2.45, 2.75) is 38.9 Å². The average Bonchev–Trinajstić information content (AvgIpc) is 3.19. The topological polar surface area (TPSA) is 41.1 Å². The standard InChI is InChI=1S/C15H20N4S/c1-11-18-14(10-20-11)9-19(2)15-5-6-16-7-12(15)8-17-13-3-4-13/h5-7,10,13,17H,3-4,8-9H2,1-2H3. The van der Waals surface area contributed by atoms with Gasteiger partial charge in [-0.05, 0) is 25.8 Å². The molecule has 2 aromatic rings. The Labute approximate surface area is 123 Å². The number of nitrogens with zero attached hydrogens (tertiary/aromatic N) is 3. The summed E-state index contributed by atoms with van der Waals surface area (Å²) in [5.74, 6) is 0. The van der Waals surface area contributed by atoms with Crippen molar-refractivity contribution < 1.29 is 0 Å². The van der Waals surface area contributed by atoms with Crippen molar-refractivity contribution in [1.82, 2.24) is 15.3 Å². The zero-order valence-corrected chi connectivity index (χ0v) is 12.8. The third-order valence-electron chi connectivity index (χ3n) is 3.51. The molecule has 106 valence electrons. The van der Waals surface area contributed by atoms with E-state index in [0.29, 0.717) is 0 Å². The van der Waals surface area contributed by atoms with E-state index in [9.17, 15) is 0 Å². The largest absolute Gasteiger partial charge is 0.368 e. The Hall–Kier alpha value is -1.46. The van der Waals surface area contributed by atoms with Crippen LogP contribution in [0.2, 0.25) is 0 Å². The van der Waals surface area contributed by atoms with Crippen molar-refractivity contribution >= 4 is 17.0 Å².